The van der Waals surface area contributed by atoms with E-state index in [9.17, 15) is 0 Å². The zero-order valence-electron chi connectivity index (χ0n) is 12.3. The quantitative estimate of drug-likeness (QED) is 0.570. The summed E-state index contributed by atoms with van der Waals surface area (Å²) in [6, 6.07) is 4.07. The first-order valence-electron chi connectivity index (χ1n) is 7.24. The second-order valence-electron chi connectivity index (χ2n) is 6.54. The normalized spacial score (nSPS) is 27.3. The Kier molecular flexibility index (Phi) is 3.61. The van der Waals surface area contributed by atoms with Gasteiger partial charge in [0.05, 0.1) is 6.04 Å². The molecule has 2 heterocycles. The molecule has 0 bridgehead atoms. The molecule has 1 saturated heterocycles. The maximum atomic E-state index is 6.23. The van der Waals surface area contributed by atoms with Crippen LogP contribution in [0.5, 0.6) is 0 Å². The van der Waals surface area contributed by atoms with Crippen molar-refractivity contribution >= 4 is 11.6 Å². The van der Waals surface area contributed by atoms with Gasteiger partial charge in [0.25, 0.3) is 0 Å². The lowest BCUT2D eigenvalue weighted by Gasteiger charge is -2.35. The number of hydroxylamine groups is 2. The van der Waals surface area contributed by atoms with Crippen LogP contribution in [0, 0.1) is 0 Å². The molecule has 1 fully saturated rings. The number of nitrogens with zero attached hydrogens (tertiary/aromatic N) is 2. The third-order valence-corrected chi connectivity index (χ3v) is 4.16. The maximum absolute atomic E-state index is 6.23. The average molecular weight is 293 g/mol. The lowest BCUT2D eigenvalue weighted by molar-refractivity contribution is -0.214. The smallest absolute Gasteiger partial charge is 0.129 e. The monoisotopic (exact) mass is 292 g/mol. The van der Waals surface area contributed by atoms with Gasteiger partial charge in [0.2, 0.25) is 0 Å². The average Bonchev–Trinajstić information content (AvgIpc) is 2.79. The molecule has 0 radical (unpaired) electrons. The molecule has 0 unspecified atom stereocenters. The van der Waals surface area contributed by atoms with E-state index < -0.39 is 0 Å². The highest BCUT2D eigenvalue weighted by molar-refractivity contribution is 6.29. The van der Waals surface area contributed by atoms with E-state index in [4.69, 9.17) is 16.4 Å². The highest BCUT2D eigenvalue weighted by Gasteiger charge is 2.44. The van der Waals surface area contributed by atoms with Crippen molar-refractivity contribution in [3.8, 4) is 0 Å². The standard InChI is InChI=1S/C16H21ClN2O/c1-16(2,3)19-15(11-8-9-14(17)18-10-11)12-6-4-5-7-13(12)20-19/h6,8-10,13,15H,4-5,7H2,1-3H3/t13-,15-/m0/s1. The van der Waals surface area contributed by atoms with Crippen molar-refractivity contribution in [3.63, 3.8) is 0 Å². The molecule has 1 aliphatic heterocycles. The Morgan fingerprint density at radius 3 is 2.80 bits per heavy atom. The first kappa shape index (κ1) is 14.1. The molecule has 3 nitrogen and oxygen atoms in total. The predicted octanol–water partition coefficient (Wildman–Crippen LogP) is 4.30. The lowest BCUT2D eigenvalue weighted by Crippen LogP contribution is -2.40. The van der Waals surface area contributed by atoms with Gasteiger partial charge in [-0.05, 0) is 57.2 Å². The van der Waals surface area contributed by atoms with E-state index in [0.717, 1.165) is 18.4 Å². The molecule has 1 aliphatic carbocycles. The summed E-state index contributed by atoms with van der Waals surface area (Å²) in [7, 11) is 0. The minimum atomic E-state index is -0.0531. The van der Waals surface area contributed by atoms with Crippen LogP contribution < -0.4 is 0 Å². The molecule has 2 atom stereocenters. The van der Waals surface area contributed by atoms with Gasteiger partial charge < -0.3 is 0 Å². The number of hydrogen-bond acceptors (Lipinski definition) is 3. The summed E-state index contributed by atoms with van der Waals surface area (Å²) < 4.78 is 0. The zero-order chi connectivity index (χ0) is 14.3. The molecule has 0 N–H and O–H groups in total. The van der Waals surface area contributed by atoms with Crippen molar-refractivity contribution in [2.45, 2.75) is 57.7 Å². The number of rotatable bonds is 1. The number of aromatic nitrogens is 1. The molecule has 0 aromatic carbocycles. The maximum Gasteiger partial charge on any atom is 0.129 e. The summed E-state index contributed by atoms with van der Waals surface area (Å²) in [5.74, 6) is 0. The van der Waals surface area contributed by atoms with Crippen molar-refractivity contribution in [2.75, 3.05) is 0 Å². The molecule has 0 saturated carbocycles. The second-order valence-corrected chi connectivity index (χ2v) is 6.93. The Labute approximate surface area is 125 Å². The fourth-order valence-electron chi connectivity index (χ4n) is 3.03. The third-order valence-electron chi connectivity index (χ3n) is 3.94. The van der Waals surface area contributed by atoms with Crippen LogP contribution in [0.4, 0.5) is 0 Å². The van der Waals surface area contributed by atoms with Crippen molar-refractivity contribution in [2.24, 2.45) is 0 Å². The van der Waals surface area contributed by atoms with Crippen molar-refractivity contribution < 1.29 is 4.84 Å². The Morgan fingerprint density at radius 1 is 1.35 bits per heavy atom. The van der Waals surface area contributed by atoms with Gasteiger partial charge in [-0.25, -0.2) is 4.98 Å². The number of hydrogen-bond donors (Lipinski definition) is 0. The van der Waals surface area contributed by atoms with E-state index in [2.05, 4.69) is 43.0 Å². The van der Waals surface area contributed by atoms with E-state index in [1.54, 1.807) is 0 Å². The van der Waals surface area contributed by atoms with E-state index in [1.807, 2.05) is 12.3 Å². The van der Waals surface area contributed by atoms with Gasteiger partial charge >= 0.3 is 0 Å². The Morgan fingerprint density at radius 2 is 2.15 bits per heavy atom. The fraction of sp³-hybridized carbons (Fsp3) is 0.562. The summed E-state index contributed by atoms with van der Waals surface area (Å²) in [5.41, 5.74) is 2.48. The Bertz CT molecular complexity index is 518. The predicted molar refractivity (Wildman–Crippen MR) is 80.4 cm³/mol. The molecule has 108 valence electrons. The lowest BCUT2D eigenvalue weighted by atomic mass is 9.88. The van der Waals surface area contributed by atoms with Gasteiger partial charge in [0.1, 0.15) is 11.3 Å². The summed E-state index contributed by atoms with van der Waals surface area (Å²) in [6.45, 7) is 6.55. The molecule has 0 spiro atoms. The number of halogens is 1. The minimum absolute atomic E-state index is 0.0531. The number of allylic oxidation sites excluding steroid dienone is 1. The molecule has 4 heteroatoms. The van der Waals surface area contributed by atoms with Gasteiger partial charge in [0.15, 0.2) is 0 Å². The highest BCUT2D eigenvalue weighted by Crippen LogP contribution is 2.46. The molecule has 1 aromatic heterocycles. The first-order chi connectivity index (χ1) is 9.47. The summed E-state index contributed by atoms with van der Waals surface area (Å²) in [4.78, 5) is 10.5. The van der Waals surface area contributed by atoms with Crippen LogP contribution in [0.2, 0.25) is 5.15 Å². The van der Waals surface area contributed by atoms with E-state index in [-0.39, 0.29) is 17.7 Å². The van der Waals surface area contributed by atoms with E-state index in [1.165, 1.54) is 12.0 Å². The first-order valence-corrected chi connectivity index (χ1v) is 7.62. The van der Waals surface area contributed by atoms with Crippen LogP contribution in [-0.2, 0) is 4.84 Å². The topological polar surface area (TPSA) is 25.4 Å². The van der Waals surface area contributed by atoms with Gasteiger partial charge in [-0.1, -0.05) is 23.7 Å². The highest BCUT2D eigenvalue weighted by atomic mass is 35.5. The van der Waals surface area contributed by atoms with Crippen molar-refractivity contribution in [1.29, 1.82) is 0 Å². The zero-order valence-corrected chi connectivity index (χ0v) is 13.0. The van der Waals surface area contributed by atoms with E-state index >= 15 is 0 Å². The van der Waals surface area contributed by atoms with Gasteiger partial charge in [-0.2, -0.15) is 5.06 Å². The molecule has 20 heavy (non-hydrogen) atoms. The molecule has 3 rings (SSSR count). The minimum Gasteiger partial charge on any atom is -0.290 e. The van der Waals surface area contributed by atoms with Crippen LogP contribution in [0.25, 0.3) is 0 Å². The van der Waals surface area contributed by atoms with Crippen LogP contribution in [-0.4, -0.2) is 21.7 Å². The van der Waals surface area contributed by atoms with Crippen LogP contribution in [0.15, 0.2) is 30.0 Å². The molecular formula is C16H21ClN2O. The summed E-state index contributed by atoms with van der Waals surface area (Å²) in [5, 5.41) is 2.66. The second kappa shape index (κ2) is 5.14. The van der Waals surface area contributed by atoms with Crippen LogP contribution in [0.3, 0.4) is 0 Å². The SMILES string of the molecule is CC(C)(C)N1O[C@H]2CCCC=C2[C@@H]1c1ccc(Cl)nc1. The molecule has 0 amide bonds. The van der Waals surface area contributed by atoms with Crippen LogP contribution in [0.1, 0.15) is 51.6 Å². The summed E-state index contributed by atoms with van der Waals surface area (Å²) in [6.07, 6.45) is 7.90. The number of pyridine rings is 1. The largest absolute Gasteiger partial charge is 0.290 e. The number of fused-ring (bicyclic) bond motifs is 1. The Balaban J connectivity index is 2.02. The third kappa shape index (κ3) is 2.50. The van der Waals surface area contributed by atoms with Crippen molar-refractivity contribution in [1.82, 2.24) is 10.0 Å². The molecular weight excluding hydrogens is 272 g/mol. The van der Waals surface area contributed by atoms with E-state index in [0.29, 0.717) is 5.15 Å². The fourth-order valence-corrected chi connectivity index (χ4v) is 3.14. The molecule has 2 aliphatic rings. The van der Waals surface area contributed by atoms with Gasteiger partial charge in [0, 0.05) is 11.7 Å². The van der Waals surface area contributed by atoms with Gasteiger partial charge in [-0.15, -0.1) is 0 Å². The van der Waals surface area contributed by atoms with Crippen LogP contribution >= 0.6 is 11.6 Å². The van der Waals surface area contributed by atoms with Crippen molar-refractivity contribution in [3.05, 3.63) is 40.7 Å². The summed E-state index contributed by atoms with van der Waals surface area (Å²) >= 11 is 5.91. The Hall–Kier alpha value is -0.900. The van der Waals surface area contributed by atoms with Gasteiger partial charge in [-0.3, -0.25) is 4.84 Å². The molecule has 1 aromatic rings.